The first-order chi connectivity index (χ1) is 8.99. The third kappa shape index (κ3) is 2.90. The summed E-state index contributed by atoms with van der Waals surface area (Å²) in [6.07, 6.45) is 0. The lowest BCUT2D eigenvalue weighted by molar-refractivity contribution is 0.0950. The van der Waals surface area contributed by atoms with Gasteiger partial charge in [0.05, 0.1) is 17.3 Å². The predicted molar refractivity (Wildman–Crippen MR) is 77.2 cm³/mol. The summed E-state index contributed by atoms with van der Waals surface area (Å²) < 4.78 is 2.04. The standard InChI is InChI=1S/C14H16ClN3O/c1-9-3-5-11(18(9)2)8-17-14(19)10-4-6-12(15)13(16)7-10/h3-7H,8,16H2,1-2H3,(H,17,19). The molecule has 0 saturated heterocycles. The SMILES string of the molecule is Cc1ccc(CNC(=O)c2ccc(Cl)c(N)c2)n1C. The van der Waals surface area contributed by atoms with E-state index in [9.17, 15) is 4.79 Å². The number of carbonyl (C=O) groups excluding carboxylic acids is 1. The smallest absolute Gasteiger partial charge is 0.251 e. The molecule has 2 rings (SSSR count). The number of hydrogen-bond acceptors (Lipinski definition) is 2. The van der Waals surface area contributed by atoms with Crippen LogP contribution in [0, 0.1) is 6.92 Å². The highest BCUT2D eigenvalue weighted by Gasteiger charge is 2.08. The van der Waals surface area contributed by atoms with Crippen LogP contribution >= 0.6 is 11.6 Å². The van der Waals surface area contributed by atoms with Crippen molar-refractivity contribution in [1.82, 2.24) is 9.88 Å². The van der Waals surface area contributed by atoms with E-state index in [2.05, 4.69) is 5.32 Å². The quantitative estimate of drug-likeness (QED) is 0.847. The van der Waals surface area contributed by atoms with Crippen LogP contribution in [-0.2, 0) is 13.6 Å². The highest BCUT2D eigenvalue weighted by Crippen LogP contribution is 2.19. The lowest BCUT2D eigenvalue weighted by Gasteiger charge is -2.08. The van der Waals surface area contributed by atoms with Gasteiger partial charge in [-0.2, -0.15) is 0 Å². The Bertz CT molecular complexity index is 619. The number of carbonyl (C=O) groups is 1. The molecule has 0 spiro atoms. The Labute approximate surface area is 117 Å². The molecule has 100 valence electrons. The molecule has 1 aromatic heterocycles. The number of nitrogens with two attached hydrogens (primary N) is 1. The summed E-state index contributed by atoms with van der Waals surface area (Å²) in [5.41, 5.74) is 8.79. The Morgan fingerprint density at radius 2 is 2.11 bits per heavy atom. The van der Waals surface area contributed by atoms with Crippen molar-refractivity contribution >= 4 is 23.2 Å². The molecule has 0 aliphatic carbocycles. The van der Waals surface area contributed by atoms with Gasteiger partial charge >= 0.3 is 0 Å². The molecule has 0 aliphatic heterocycles. The minimum absolute atomic E-state index is 0.165. The van der Waals surface area contributed by atoms with Crippen LogP contribution in [0.4, 0.5) is 5.69 Å². The monoisotopic (exact) mass is 277 g/mol. The van der Waals surface area contributed by atoms with Crippen LogP contribution in [-0.4, -0.2) is 10.5 Å². The molecule has 1 amide bonds. The molecular weight excluding hydrogens is 262 g/mol. The number of aryl methyl sites for hydroxylation is 1. The van der Waals surface area contributed by atoms with Gasteiger partial charge in [0, 0.05) is 24.0 Å². The Hall–Kier alpha value is -1.94. The molecule has 5 heteroatoms. The normalized spacial score (nSPS) is 10.5. The average molecular weight is 278 g/mol. The highest BCUT2D eigenvalue weighted by molar-refractivity contribution is 6.33. The van der Waals surface area contributed by atoms with Gasteiger partial charge in [0.2, 0.25) is 0 Å². The number of amides is 1. The van der Waals surface area contributed by atoms with E-state index < -0.39 is 0 Å². The van der Waals surface area contributed by atoms with E-state index in [0.717, 1.165) is 11.4 Å². The zero-order valence-corrected chi connectivity index (χ0v) is 11.7. The second-order valence-corrected chi connectivity index (χ2v) is 4.85. The van der Waals surface area contributed by atoms with Crippen molar-refractivity contribution in [2.75, 3.05) is 5.73 Å². The molecule has 3 N–H and O–H groups in total. The number of anilines is 1. The van der Waals surface area contributed by atoms with Crippen molar-refractivity contribution in [3.8, 4) is 0 Å². The first kappa shape index (κ1) is 13.5. The number of nitrogens with one attached hydrogen (secondary N) is 1. The van der Waals surface area contributed by atoms with Gasteiger partial charge in [0.15, 0.2) is 0 Å². The third-order valence-corrected chi connectivity index (χ3v) is 3.51. The number of halogens is 1. The largest absolute Gasteiger partial charge is 0.398 e. The molecule has 0 aliphatic rings. The topological polar surface area (TPSA) is 60.1 Å². The molecule has 0 bridgehead atoms. The van der Waals surface area contributed by atoms with Crippen LogP contribution in [0.15, 0.2) is 30.3 Å². The van der Waals surface area contributed by atoms with Gasteiger partial charge in [-0.3, -0.25) is 4.79 Å². The summed E-state index contributed by atoms with van der Waals surface area (Å²) in [5, 5.41) is 3.31. The van der Waals surface area contributed by atoms with E-state index in [1.807, 2.05) is 30.7 Å². The van der Waals surface area contributed by atoms with E-state index in [0.29, 0.717) is 22.8 Å². The van der Waals surface area contributed by atoms with Gasteiger partial charge in [-0.05, 0) is 37.3 Å². The minimum atomic E-state index is -0.165. The Morgan fingerprint density at radius 1 is 1.37 bits per heavy atom. The number of hydrogen-bond donors (Lipinski definition) is 2. The molecule has 0 radical (unpaired) electrons. The van der Waals surface area contributed by atoms with E-state index in [-0.39, 0.29) is 5.91 Å². The molecule has 19 heavy (non-hydrogen) atoms. The predicted octanol–water partition coefficient (Wildman–Crippen LogP) is 2.50. The molecule has 0 saturated carbocycles. The van der Waals surface area contributed by atoms with Crippen LogP contribution in [0.25, 0.3) is 0 Å². The summed E-state index contributed by atoms with van der Waals surface area (Å²) in [4.78, 5) is 12.0. The maximum Gasteiger partial charge on any atom is 0.251 e. The van der Waals surface area contributed by atoms with Crippen molar-refractivity contribution in [2.45, 2.75) is 13.5 Å². The van der Waals surface area contributed by atoms with Crippen LogP contribution in [0.1, 0.15) is 21.7 Å². The van der Waals surface area contributed by atoms with Gasteiger partial charge < -0.3 is 15.6 Å². The van der Waals surface area contributed by atoms with Crippen molar-refractivity contribution in [1.29, 1.82) is 0 Å². The van der Waals surface area contributed by atoms with Crippen molar-refractivity contribution < 1.29 is 4.79 Å². The third-order valence-electron chi connectivity index (χ3n) is 3.17. The molecule has 1 aromatic carbocycles. The van der Waals surface area contributed by atoms with Crippen LogP contribution < -0.4 is 11.1 Å². The van der Waals surface area contributed by atoms with Crippen LogP contribution in [0.5, 0.6) is 0 Å². The number of benzene rings is 1. The number of rotatable bonds is 3. The minimum Gasteiger partial charge on any atom is -0.398 e. The van der Waals surface area contributed by atoms with Crippen molar-refractivity contribution in [2.24, 2.45) is 7.05 Å². The molecule has 0 unspecified atom stereocenters. The summed E-state index contributed by atoms with van der Waals surface area (Å²) in [6, 6.07) is 8.87. The second kappa shape index (κ2) is 5.36. The first-order valence-corrected chi connectivity index (χ1v) is 6.31. The maximum absolute atomic E-state index is 12.0. The molecule has 1 heterocycles. The van der Waals surface area contributed by atoms with Gasteiger partial charge in [-0.15, -0.1) is 0 Å². The summed E-state index contributed by atoms with van der Waals surface area (Å²) in [5.74, 6) is -0.165. The zero-order valence-electron chi connectivity index (χ0n) is 10.9. The molecular formula is C14H16ClN3O. The summed E-state index contributed by atoms with van der Waals surface area (Å²) in [7, 11) is 1.97. The zero-order chi connectivity index (χ0) is 14.0. The summed E-state index contributed by atoms with van der Waals surface area (Å²) >= 11 is 5.82. The molecule has 2 aromatic rings. The van der Waals surface area contributed by atoms with E-state index in [4.69, 9.17) is 17.3 Å². The number of nitrogen functional groups attached to an aromatic ring is 1. The van der Waals surface area contributed by atoms with Crippen LogP contribution in [0.2, 0.25) is 5.02 Å². The fourth-order valence-corrected chi connectivity index (χ4v) is 1.92. The number of aromatic nitrogens is 1. The van der Waals surface area contributed by atoms with E-state index in [1.165, 1.54) is 0 Å². The number of nitrogens with zero attached hydrogens (tertiary/aromatic N) is 1. The Balaban J connectivity index is 2.05. The van der Waals surface area contributed by atoms with Gasteiger partial charge in [-0.1, -0.05) is 11.6 Å². The Morgan fingerprint density at radius 3 is 2.68 bits per heavy atom. The first-order valence-electron chi connectivity index (χ1n) is 5.93. The molecule has 0 fully saturated rings. The maximum atomic E-state index is 12.0. The fraction of sp³-hybridized carbons (Fsp3) is 0.214. The van der Waals surface area contributed by atoms with Crippen LogP contribution in [0.3, 0.4) is 0 Å². The summed E-state index contributed by atoms with van der Waals surface area (Å²) in [6.45, 7) is 2.50. The average Bonchev–Trinajstić information content (AvgIpc) is 2.70. The lowest BCUT2D eigenvalue weighted by Crippen LogP contribution is -2.24. The van der Waals surface area contributed by atoms with Gasteiger partial charge in [0.25, 0.3) is 5.91 Å². The second-order valence-electron chi connectivity index (χ2n) is 4.44. The van der Waals surface area contributed by atoms with Gasteiger partial charge in [-0.25, -0.2) is 0 Å². The molecule has 4 nitrogen and oxygen atoms in total. The van der Waals surface area contributed by atoms with Gasteiger partial charge in [0.1, 0.15) is 0 Å². The molecule has 0 atom stereocenters. The van der Waals surface area contributed by atoms with E-state index in [1.54, 1.807) is 18.2 Å². The highest BCUT2D eigenvalue weighted by atomic mass is 35.5. The van der Waals surface area contributed by atoms with Crippen molar-refractivity contribution in [3.05, 3.63) is 52.3 Å². The van der Waals surface area contributed by atoms with Crippen molar-refractivity contribution in [3.63, 3.8) is 0 Å². The fourth-order valence-electron chi connectivity index (χ4n) is 1.80. The Kier molecular flexibility index (Phi) is 3.81. The lowest BCUT2D eigenvalue weighted by atomic mass is 10.2. The van der Waals surface area contributed by atoms with E-state index >= 15 is 0 Å².